The van der Waals surface area contributed by atoms with Crippen molar-refractivity contribution in [2.24, 2.45) is 11.8 Å². The van der Waals surface area contributed by atoms with E-state index in [4.69, 9.17) is 9.26 Å². The maximum absolute atomic E-state index is 13.0. The summed E-state index contributed by atoms with van der Waals surface area (Å²) < 4.78 is 10.6. The Hall–Kier alpha value is -1.45. The number of nitrogens with zero attached hydrogens (tertiary/aromatic N) is 3. The van der Waals surface area contributed by atoms with Gasteiger partial charge >= 0.3 is 0 Å². The van der Waals surface area contributed by atoms with Crippen molar-refractivity contribution in [3.8, 4) is 0 Å². The molecule has 1 saturated heterocycles. The Morgan fingerprint density at radius 1 is 1.20 bits per heavy atom. The molecule has 1 aliphatic carbocycles. The summed E-state index contributed by atoms with van der Waals surface area (Å²) in [5.41, 5.74) is 0. The lowest BCUT2D eigenvalue weighted by Gasteiger charge is -2.25. The Balaban J connectivity index is 1.53. The molecule has 9 heteroatoms. The fraction of sp³-hybridized carbons (Fsp3) is 0.810. The number of hydrogen-bond acceptors (Lipinski definition) is 8. The molecule has 2 aliphatic rings. The molecule has 2 fully saturated rings. The number of hydrogen-bond donors (Lipinski definition) is 1. The van der Waals surface area contributed by atoms with Gasteiger partial charge in [-0.15, -0.1) is 0 Å². The molecule has 8 nitrogen and oxygen atoms in total. The zero-order valence-electron chi connectivity index (χ0n) is 18.1. The lowest BCUT2D eigenvalue weighted by Crippen LogP contribution is -2.45. The molecular formula is C21H34N4O4S. The number of rotatable bonds is 10. The summed E-state index contributed by atoms with van der Waals surface area (Å²) in [6, 6.07) is -0.608. The van der Waals surface area contributed by atoms with Gasteiger partial charge in [-0.1, -0.05) is 50.0 Å². The summed E-state index contributed by atoms with van der Waals surface area (Å²) in [5.74, 6) is 0.856. The number of thioether (sulfide) groups is 1. The van der Waals surface area contributed by atoms with Crippen LogP contribution >= 0.6 is 11.8 Å². The molecule has 0 radical (unpaired) electrons. The number of nitrogens with one attached hydrogen (secondary N) is 1. The van der Waals surface area contributed by atoms with E-state index >= 15 is 0 Å². The highest BCUT2D eigenvalue weighted by molar-refractivity contribution is 7.99. The van der Waals surface area contributed by atoms with Gasteiger partial charge in [0.2, 0.25) is 17.5 Å². The fourth-order valence-corrected chi connectivity index (χ4v) is 4.73. The lowest BCUT2D eigenvalue weighted by atomic mass is 9.88. The van der Waals surface area contributed by atoms with Crippen LogP contribution < -0.4 is 5.32 Å². The zero-order chi connectivity index (χ0) is 21.3. The van der Waals surface area contributed by atoms with E-state index < -0.39 is 6.04 Å². The number of ether oxygens (including phenoxy) is 1. The third-order valence-corrected chi connectivity index (χ3v) is 6.48. The molecule has 30 heavy (non-hydrogen) atoms. The highest BCUT2D eigenvalue weighted by Crippen LogP contribution is 2.24. The number of morpholine rings is 1. The monoisotopic (exact) mass is 438 g/mol. The molecule has 1 amide bonds. The number of aromatic nitrogens is 2. The third-order valence-electron chi connectivity index (χ3n) is 5.68. The Kier molecular flexibility index (Phi) is 9.14. The van der Waals surface area contributed by atoms with Crippen molar-refractivity contribution in [3.05, 3.63) is 5.82 Å². The second-order valence-electron chi connectivity index (χ2n) is 8.58. The largest absolute Gasteiger partial charge is 0.379 e. The van der Waals surface area contributed by atoms with Gasteiger partial charge in [-0.05, 0) is 25.2 Å². The highest BCUT2D eigenvalue weighted by Gasteiger charge is 2.30. The summed E-state index contributed by atoms with van der Waals surface area (Å²) in [4.78, 5) is 32.3. The minimum Gasteiger partial charge on any atom is -0.379 e. The number of carbonyl (C=O) groups excluding carboxylic acids is 2. The number of amides is 1. The molecule has 0 bridgehead atoms. The summed E-state index contributed by atoms with van der Waals surface area (Å²) in [7, 11) is 0. The zero-order valence-corrected chi connectivity index (χ0v) is 18.9. The van der Waals surface area contributed by atoms with Gasteiger partial charge in [0, 0.05) is 31.3 Å². The van der Waals surface area contributed by atoms with Crippen LogP contribution in [0, 0.1) is 11.8 Å². The predicted molar refractivity (Wildman–Crippen MR) is 115 cm³/mol. The standard InChI is InChI=1S/C21H34N4O4S/c1-15(2)14-17(22-20(27)16-6-4-3-5-7-16)18(26)19-23-21(29-24-19)30-13-10-25-8-11-28-12-9-25/h15-17H,3-14H2,1-2H3,(H,22,27). The van der Waals surface area contributed by atoms with E-state index in [1.165, 1.54) is 18.2 Å². The number of Topliss-reactive ketones (excluding diaryl/α,β-unsaturated/α-hetero) is 1. The summed E-state index contributed by atoms with van der Waals surface area (Å²) in [6.45, 7) is 8.40. The van der Waals surface area contributed by atoms with Crippen molar-refractivity contribution >= 4 is 23.5 Å². The molecule has 1 aromatic rings. The predicted octanol–water partition coefficient (Wildman–Crippen LogP) is 2.79. The Morgan fingerprint density at radius 2 is 1.93 bits per heavy atom. The van der Waals surface area contributed by atoms with E-state index in [1.807, 2.05) is 13.8 Å². The van der Waals surface area contributed by atoms with E-state index in [1.54, 1.807) is 0 Å². The second kappa shape index (κ2) is 11.8. The third kappa shape index (κ3) is 7.06. The first kappa shape index (κ1) is 23.2. The quantitative estimate of drug-likeness (QED) is 0.440. The molecule has 3 rings (SSSR count). The highest BCUT2D eigenvalue weighted by atomic mass is 32.2. The molecule has 1 aromatic heterocycles. The normalized spacial score (nSPS) is 19.7. The SMILES string of the molecule is CC(C)CC(NC(=O)C1CCCCC1)C(=O)c1noc(SCCN2CCOCC2)n1. The van der Waals surface area contributed by atoms with Crippen molar-refractivity contribution in [3.63, 3.8) is 0 Å². The van der Waals surface area contributed by atoms with Crippen molar-refractivity contribution in [1.82, 2.24) is 20.4 Å². The van der Waals surface area contributed by atoms with E-state index in [9.17, 15) is 9.59 Å². The average Bonchev–Trinajstić information content (AvgIpc) is 3.22. The van der Waals surface area contributed by atoms with Gasteiger partial charge in [0.15, 0.2) is 0 Å². The van der Waals surface area contributed by atoms with Gasteiger partial charge in [-0.2, -0.15) is 4.98 Å². The van der Waals surface area contributed by atoms with Gasteiger partial charge in [0.05, 0.1) is 19.3 Å². The van der Waals surface area contributed by atoms with E-state index in [0.717, 1.165) is 64.3 Å². The van der Waals surface area contributed by atoms with Crippen LogP contribution in [0.5, 0.6) is 0 Å². The van der Waals surface area contributed by atoms with Crippen molar-refractivity contribution in [2.75, 3.05) is 38.6 Å². The Morgan fingerprint density at radius 3 is 2.63 bits per heavy atom. The van der Waals surface area contributed by atoms with Crippen LogP contribution in [0.15, 0.2) is 9.75 Å². The number of carbonyl (C=O) groups is 2. The van der Waals surface area contributed by atoms with Gasteiger partial charge < -0.3 is 14.6 Å². The molecule has 168 valence electrons. The molecule has 0 aromatic carbocycles. The van der Waals surface area contributed by atoms with Crippen LogP contribution in [-0.4, -0.2) is 71.4 Å². The molecule has 1 N–H and O–H groups in total. The van der Waals surface area contributed by atoms with Crippen LogP contribution in [0.3, 0.4) is 0 Å². The van der Waals surface area contributed by atoms with E-state index in [-0.39, 0.29) is 29.4 Å². The maximum Gasteiger partial charge on any atom is 0.286 e. The smallest absolute Gasteiger partial charge is 0.286 e. The first-order valence-electron chi connectivity index (χ1n) is 11.1. The topological polar surface area (TPSA) is 97.6 Å². The molecule has 1 aliphatic heterocycles. The average molecular weight is 439 g/mol. The van der Waals surface area contributed by atoms with Crippen molar-refractivity contribution < 1.29 is 18.8 Å². The Bertz CT molecular complexity index is 684. The minimum atomic E-state index is -0.608. The number of ketones is 1. The maximum atomic E-state index is 13.0. The van der Waals surface area contributed by atoms with Crippen LogP contribution in [-0.2, 0) is 9.53 Å². The molecule has 2 heterocycles. The molecule has 0 spiro atoms. The second-order valence-corrected chi connectivity index (χ2v) is 9.62. The molecule has 1 saturated carbocycles. The van der Waals surface area contributed by atoms with Crippen LogP contribution in [0.2, 0.25) is 0 Å². The van der Waals surface area contributed by atoms with Crippen LogP contribution in [0.25, 0.3) is 0 Å². The van der Waals surface area contributed by atoms with E-state index in [0.29, 0.717) is 11.6 Å². The fourth-order valence-electron chi connectivity index (χ4n) is 3.97. The van der Waals surface area contributed by atoms with Gasteiger partial charge in [0.1, 0.15) is 0 Å². The molecule has 1 atom stereocenters. The summed E-state index contributed by atoms with van der Waals surface area (Å²) in [6.07, 6.45) is 5.72. The van der Waals surface area contributed by atoms with Gasteiger partial charge in [0.25, 0.3) is 5.22 Å². The molecular weight excluding hydrogens is 404 g/mol. The van der Waals surface area contributed by atoms with Crippen molar-refractivity contribution in [2.45, 2.75) is 63.6 Å². The van der Waals surface area contributed by atoms with E-state index in [2.05, 4.69) is 20.4 Å². The summed E-state index contributed by atoms with van der Waals surface area (Å²) in [5, 5.41) is 7.26. The molecule has 1 unspecified atom stereocenters. The minimum absolute atomic E-state index is 0.0118. The first-order valence-corrected chi connectivity index (χ1v) is 12.1. The van der Waals surface area contributed by atoms with Crippen molar-refractivity contribution in [1.29, 1.82) is 0 Å². The van der Waals surface area contributed by atoms with Crippen LogP contribution in [0.4, 0.5) is 0 Å². The summed E-state index contributed by atoms with van der Waals surface area (Å²) >= 11 is 1.45. The van der Waals surface area contributed by atoms with Gasteiger partial charge in [-0.25, -0.2) is 0 Å². The lowest BCUT2D eigenvalue weighted by molar-refractivity contribution is -0.126. The van der Waals surface area contributed by atoms with Crippen LogP contribution in [0.1, 0.15) is 63.0 Å². The Labute approximate surface area is 182 Å². The first-order chi connectivity index (χ1) is 14.5. The van der Waals surface area contributed by atoms with Gasteiger partial charge in [-0.3, -0.25) is 14.5 Å².